The van der Waals surface area contributed by atoms with E-state index in [0.29, 0.717) is 23.1 Å². The van der Waals surface area contributed by atoms with Crippen molar-refractivity contribution in [2.24, 2.45) is 0 Å². The predicted molar refractivity (Wildman–Crippen MR) is 149 cm³/mol. The molecule has 0 heterocycles. The van der Waals surface area contributed by atoms with Crippen LogP contribution in [0, 0.1) is 6.92 Å². The Morgan fingerprint density at radius 1 is 0.974 bits per heavy atom. The Bertz CT molecular complexity index is 1340. The number of rotatable bonds is 11. The Morgan fingerprint density at radius 2 is 1.58 bits per heavy atom. The maximum atomic E-state index is 13.8. The number of likely N-dealkylation sites (N-methyl/N-ethyl adjacent to an activating group) is 1. The second-order valence-corrected chi connectivity index (χ2v) is 11.0. The van der Waals surface area contributed by atoms with Gasteiger partial charge in [-0.1, -0.05) is 41.4 Å². The van der Waals surface area contributed by atoms with Gasteiger partial charge in [0.15, 0.2) is 0 Å². The van der Waals surface area contributed by atoms with Crippen molar-refractivity contribution in [3.8, 4) is 5.75 Å². The lowest BCUT2D eigenvalue weighted by Gasteiger charge is -2.31. The molecule has 1 unspecified atom stereocenters. The van der Waals surface area contributed by atoms with Crippen LogP contribution >= 0.6 is 11.6 Å². The Hall–Kier alpha value is -3.56. The van der Waals surface area contributed by atoms with E-state index < -0.39 is 28.5 Å². The van der Waals surface area contributed by atoms with E-state index in [4.69, 9.17) is 16.3 Å². The number of carbonyl (C=O) groups excluding carboxylic acids is 2. The van der Waals surface area contributed by atoms with Crippen LogP contribution in [0.2, 0.25) is 5.02 Å². The predicted octanol–water partition coefficient (Wildman–Crippen LogP) is 4.41. The van der Waals surface area contributed by atoms with Gasteiger partial charge in [-0.2, -0.15) is 0 Å². The molecule has 0 aliphatic rings. The Labute approximate surface area is 229 Å². The van der Waals surface area contributed by atoms with Gasteiger partial charge in [0.25, 0.3) is 10.0 Å². The molecule has 0 saturated heterocycles. The van der Waals surface area contributed by atoms with Gasteiger partial charge in [-0.05, 0) is 74.9 Å². The van der Waals surface area contributed by atoms with Crippen molar-refractivity contribution in [1.82, 2.24) is 10.2 Å². The van der Waals surface area contributed by atoms with Gasteiger partial charge in [0.05, 0.1) is 17.2 Å². The molecule has 0 radical (unpaired) electrons. The molecule has 10 heteroatoms. The number of amides is 2. The highest BCUT2D eigenvalue weighted by atomic mass is 35.5. The minimum absolute atomic E-state index is 0.0120. The lowest BCUT2D eigenvalue weighted by molar-refractivity contribution is -0.139. The fourth-order valence-electron chi connectivity index (χ4n) is 3.82. The molecule has 0 aromatic heterocycles. The summed E-state index contributed by atoms with van der Waals surface area (Å²) < 4.78 is 34.1. The maximum absolute atomic E-state index is 13.8. The lowest BCUT2D eigenvalue weighted by Crippen LogP contribution is -2.50. The number of carbonyl (C=O) groups is 2. The standard InChI is InChI=1S/C28H32ClN3O5S/c1-5-37-25-14-16-26(17-15-25)38(35,36)32(24-12-6-20(2)7-13-24)19-27(33)31(21(3)28(34)30-4)18-22-8-10-23(29)11-9-22/h6-17,21H,5,18-19H2,1-4H3,(H,30,34). The molecule has 0 aliphatic heterocycles. The fourth-order valence-corrected chi connectivity index (χ4v) is 5.36. The first-order valence-corrected chi connectivity index (χ1v) is 14.0. The van der Waals surface area contributed by atoms with E-state index in [9.17, 15) is 18.0 Å². The summed E-state index contributed by atoms with van der Waals surface area (Å²) in [5.74, 6) is -0.368. The van der Waals surface area contributed by atoms with Crippen molar-refractivity contribution < 1.29 is 22.7 Å². The van der Waals surface area contributed by atoms with E-state index in [2.05, 4.69) is 5.32 Å². The van der Waals surface area contributed by atoms with Crippen LogP contribution in [-0.4, -0.2) is 51.4 Å². The molecule has 3 rings (SSSR count). The average molecular weight is 558 g/mol. The quantitative estimate of drug-likeness (QED) is 0.377. The molecule has 3 aromatic carbocycles. The van der Waals surface area contributed by atoms with Crippen molar-refractivity contribution in [1.29, 1.82) is 0 Å². The Morgan fingerprint density at radius 3 is 2.13 bits per heavy atom. The molecule has 0 aliphatic carbocycles. The number of benzene rings is 3. The summed E-state index contributed by atoms with van der Waals surface area (Å²) in [5.41, 5.74) is 2.02. The highest BCUT2D eigenvalue weighted by molar-refractivity contribution is 7.92. The summed E-state index contributed by atoms with van der Waals surface area (Å²) in [6, 6.07) is 19.0. The van der Waals surface area contributed by atoms with Gasteiger partial charge >= 0.3 is 0 Å². The van der Waals surface area contributed by atoms with Gasteiger partial charge in [0, 0.05) is 18.6 Å². The van der Waals surface area contributed by atoms with Crippen LogP contribution in [0.15, 0.2) is 77.7 Å². The summed E-state index contributed by atoms with van der Waals surface area (Å²) in [6.45, 7) is 5.36. The van der Waals surface area contributed by atoms with Gasteiger partial charge in [0.2, 0.25) is 11.8 Å². The van der Waals surface area contributed by atoms with Crippen molar-refractivity contribution in [3.63, 3.8) is 0 Å². The van der Waals surface area contributed by atoms with Gasteiger partial charge in [-0.15, -0.1) is 0 Å². The first-order valence-electron chi connectivity index (χ1n) is 12.1. The molecule has 0 bridgehead atoms. The molecule has 38 heavy (non-hydrogen) atoms. The van der Waals surface area contributed by atoms with E-state index in [-0.39, 0.29) is 17.3 Å². The van der Waals surface area contributed by atoms with E-state index in [0.717, 1.165) is 15.4 Å². The SMILES string of the molecule is CCOc1ccc(S(=O)(=O)N(CC(=O)N(Cc2ccc(Cl)cc2)C(C)C(=O)NC)c2ccc(C)cc2)cc1. The van der Waals surface area contributed by atoms with Crippen molar-refractivity contribution in [3.05, 3.63) is 88.9 Å². The minimum atomic E-state index is -4.14. The van der Waals surface area contributed by atoms with Crippen LogP contribution in [0.25, 0.3) is 0 Å². The van der Waals surface area contributed by atoms with Crippen LogP contribution in [0.3, 0.4) is 0 Å². The first kappa shape index (κ1) is 29.0. The lowest BCUT2D eigenvalue weighted by atomic mass is 10.1. The number of sulfonamides is 1. The number of anilines is 1. The third-order valence-electron chi connectivity index (χ3n) is 6.00. The molecular formula is C28H32ClN3O5S. The zero-order chi connectivity index (χ0) is 27.9. The van der Waals surface area contributed by atoms with Gasteiger partial charge in [-0.25, -0.2) is 8.42 Å². The molecule has 3 aromatic rings. The fraction of sp³-hybridized carbons (Fsp3) is 0.286. The van der Waals surface area contributed by atoms with Crippen LogP contribution in [0.4, 0.5) is 5.69 Å². The molecule has 2 amide bonds. The topological polar surface area (TPSA) is 96.0 Å². The van der Waals surface area contributed by atoms with E-state index in [1.54, 1.807) is 67.6 Å². The zero-order valence-corrected chi connectivity index (χ0v) is 23.4. The molecular weight excluding hydrogens is 526 g/mol. The van der Waals surface area contributed by atoms with Crippen molar-refractivity contribution in [2.45, 2.75) is 38.3 Å². The van der Waals surface area contributed by atoms with Crippen molar-refractivity contribution in [2.75, 3.05) is 24.5 Å². The van der Waals surface area contributed by atoms with Crippen LogP contribution in [0.1, 0.15) is 25.0 Å². The number of nitrogens with zero attached hydrogens (tertiary/aromatic N) is 2. The third kappa shape index (κ3) is 7.05. The number of halogens is 1. The second-order valence-electron chi connectivity index (χ2n) is 8.69. The summed E-state index contributed by atoms with van der Waals surface area (Å²) in [4.78, 5) is 27.6. The number of hydrogen-bond acceptors (Lipinski definition) is 5. The number of nitrogens with one attached hydrogen (secondary N) is 1. The number of ether oxygens (including phenoxy) is 1. The Balaban J connectivity index is 2.00. The summed E-state index contributed by atoms with van der Waals surface area (Å²) in [6.07, 6.45) is 0. The highest BCUT2D eigenvalue weighted by Crippen LogP contribution is 2.26. The number of hydrogen-bond donors (Lipinski definition) is 1. The molecule has 0 spiro atoms. The third-order valence-corrected chi connectivity index (χ3v) is 8.04. The molecule has 1 atom stereocenters. The first-order chi connectivity index (χ1) is 18.1. The van der Waals surface area contributed by atoms with E-state index in [1.807, 2.05) is 13.8 Å². The molecule has 1 N–H and O–H groups in total. The van der Waals surface area contributed by atoms with Gasteiger partial charge in [0.1, 0.15) is 18.3 Å². The van der Waals surface area contributed by atoms with E-state index >= 15 is 0 Å². The van der Waals surface area contributed by atoms with Crippen molar-refractivity contribution >= 4 is 39.1 Å². The monoisotopic (exact) mass is 557 g/mol. The van der Waals surface area contributed by atoms with Crippen LogP contribution in [-0.2, 0) is 26.2 Å². The van der Waals surface area contributed by atoms with Gasteiger partial charge < -0.3 is 15.0 Å². The van der Waals surface area contributed by atoms with Gasteiger partial charge in [-0.3, -0.25) is 13.9 Å². The Kier molecular flexibility index (Phi) is 9.77. The molecule has 0 fully saturated rings. The maximum Gasteiger partial charge on any atom is 0.264 e. The minimum Gasteiger partial charge on any atom is -0.494 e. The second kappa shape index (κ2) is 12.8. The number of aryl methyl sites for hydroxylation is 1. The molecule has 8 nitrogen and oxygen atoms in total. The summed E-state index contributed by atoms with van der Waals surface area (Å²) in [5, 5.41) is 3.10. The largest absolute Gasteiger partial charge is 0.494 e. The zero-order valence-electron chi connectivity index (χ0n) is 21.8. The normalized spacial score (nSPS) is 11.9. The van der Waals surface area contributed by atoms with E-state index in [1.165, 1.54) is 24.1 Å². The highest BCUT2D eigenvalue weighted by Gasteiger charge is 2.32. The molecule has 202 valence electrons. The van der Waals surface area contributed by atoms with Crippen LogP contribution in [0.5, 0.6) is 5.75 Å². The summed E-state index contributed by atoms with van der Waals surface area (Å²) in [7, 11) is -2.66. The smallest absolute Gasteiger partial charge is 0.264 e. The molecule has 0 saturated carbocycles. The summed E-state index contributed by atoms with van der Waals surface area (Å²) >= 11 is 6.00. The average Bonchev–Trinajstić information content (AvgIpc) is 2.91. The van der Waals surface area contributed by atoms with Crippen LogP contribution < -0.4 is 14.4 Å².